The van der Waals surface area contributed by atoms with Crippen molar-refractivity contribution in [3.8, 4) is 23.0 Å². The van der Waals surface area contributed by atoms with Gasteiger partial charge < -0.3 is 22.1 Å². The highest BCUT2D eigenvalue weighted by Gasteiger charge is 2.17. The molecule has 4 rings (SSSR count). The van der Waals surface area contributed by atoms with Crippen molar-refractivity contribution in [1.29, 1.82) is 0 Å². The average Bonchev–Trinajstić information content (AvgIpc) is 3.48. The van der Waals surface area contributed by atoms with Gasteiger partial charge in [-0.2, -0.15) is 0 Å². The van der Waals surface area contributed by atoms with E-state index in [9.17, 15) is 14.0 Å². The number of fused-ring (bicyclic) bond motifs is 1. The number of nitrogens with one attached hydrogen (secondary N) is 2. The van der Waals surface area contributed by atoms with Crippen LogP contribution in [0.3, 0.4) is 0 Å². The third kappa shape index (κ3) is 7.77. The fourth-order valence-corrected chi connectivity index (χ4v) is 5.02. The topological polar surface area (TPSA) is 152 Å². The third-order valence-corrected chi connectivity index (χ3v) is 7.09. The zero-order valence-electron chi connectivity index (χ0n) is 24.4. The van der Waals surface area contributed by atoms with Gasteiger partial charge >= 0.3 is 6.03 Å². The third-order valence-electron chi connectivity index (χ3n) is 6.07. The van der Waals surface area contributed by atoms with Crippen LogP contribution in [0.4, 0.5) is 26.4 Å². The SMILES string of the molecule is C/C=C(\C=C/N)C(=O)NCC#Cc1cnc(N)c2c(-c3ccc(N(N)C(=O)Nc4cc(C)ccc4F)cc3)csc12.CC. The smallest absolute Gasteiger partial charge is 0.340 e. The van der Waals surface area contributed by atoms with Crippen LogP contribution in [0.15, 0.2) is 78.0 Å². The van der Waals surface area contributed by atoms with E-state index in [-0.39, 0.29) is 18.1 Å². The maximum Gasteiger partial charge on any atom is 0.340 e. The number of carbonyl (C=O) groups is 2. The molecule has 4 aromatic rings. The van der Waals surface area contributed by atoms with E-state index >= 15 is 0 Å². The van der Waals surface area contributed by atoms with Crippen molar-refractivity contribution >= 4 is 50.6 Å². The number of nitrogens with zero attached hydrogens (tertiary/aromatic N) is 2. The van der Waals surface area contributed by atoms with E-state index in [2.05, 4.69) is 27.5 Å². The number of aromatic nitrogens is 1. The quantitative estimate of drug-likeness (QED) is 0.0470. The molecule has 0 spiro atoms. The van der Waals surface area contributed by atoms with E-state index < -0.39 is 11.8 Å². The molecule has 9 nitrogen and oxygen atoms in total. The van der Waals surface area contributed by atoms with E-state index in [4.69, 9.17) is 17.3 Å². The molecule has 2 aromatic carbocycles. The van der Waals surface area contributed by atoms with E-state index in [0.29, 0.717) is 22.6 Å². The van der Waals surface area contributed by atoms with E-state index in [1.807, 2.05) is 19.2 Å². The number of nitrogens with two attached hydrogens (primary N) is 3. The Morgan fingerprint density at radius 2 is 1.88 bits per heavy atom. The van der Waals surface area contributed by atoms with Gasteiger partial charge in [0.05, 0.1) is 28.2 Å². The van der Waals surface area contributed by atoms with Crippen molar-refractivity contribution in [2.45, 2.75) is 27.7 Å². The summed E-state index contributed by atoms with van der Waals surface area (Å²) in [6, 6.07) is 10.7. The number of rotatable bonds is 6. The number of amides is 3. The second kappa shape index (κ2) is 15.2. The first kappa shape index (κ1) is 32.3. The van der Waals surface area contributed by atoms with Crippen LogP contribution in [0.2, 0.25) is 0 Å². The highest BCUT2D eigenvalue weighted by Crippen LogP contribution is 2.38. The Labute approximate surface area is 254 Å². The summed E-state index contributed by atoms with van der Waals surface area (Å²) in [5, 5.41) is 8.83. The fraction of sp³-hybridized carbons (Fsp3) is 0.156. The monoisotopic (exact) mass is 599 g/mol. The lowest BCUT2D eigenvalue weighted by Crippen LogP contribution is -2.40. The van der Waals surface area contributed by atoms with Gasteiger partial charge in [0.25, 0.3) is 5.91 Å². The van der Waals surface area contributed by atoms with Crippen LogP contribution in [-0.4, -0.2) is 23.5 Å². The second-order valence-corrected chi connectivity index (χ2v) is 9.71. The van der Waals surface area contributed by atoms with Crippen molar-refractivity contribution in [3.63, 3.8) is 0 Å². The number of nitrogen functional groups attached to an aromatic ring is 1. The molecule has 0 bridgehead atoms. The van der Waals surface area contributed by atoms with Crippen LogP contribution < -0.4 is 33.0 Å². The molecule has 0 aliphatic heterocycles. The average molecular weight is 600 g/mol. The maximum absolute atomic E-state index is 14.1. The Bertz CT molecular complexity index is 1730. The van der Waals surface area contributed by atoms with Crippen molar-refractivity contribution in [2.75, 3.05) is 22.6 Å². The molecule has 0 unspecified atom stereocenters. The van der Waals surface area contributed by atoms with Gasteiger partial charge in [0, 0.05) is 22.7 Å². The molecule has 2 heterocycles. The van der Waals surface area contributed by atoms with Crippen LogP contribution in [0.1, 0.15) is 31.9 Å². The number of hydrogen-bond acceptors (Lipinski definition) is 7. The van der Waals surface area contributed by atoms with Gasteiger partial charge in [-0.3, -0.25) is 4.79 Å². The number of anilines is 3. The molecule has 0 saturated carbocycles. The number of hydrogen-bond donors (Lipinski definition) is 5. The number of allylic oxidation sites excluding steroid dienone is 1. The molecule has 43 heavy (non-hydrogen) atoms. The number of pyridine rings is 1. The highest BCUT2D eigenvalue weighted by atomic mass is 32.1. The number of carbonyl (C=O) groups excluding carboxylic acids is 2. The molecule has 0 fully saturated rings. The van der Waals surface area contributed by atoms with Gasteiger partial charge in [-0.15, -0.1) is 11.3 Å². The lowest BCUT2D eigenvalue weighted by Gasteiger charge is -2.18. The van der Waals surface area contributed by atoms with E-state index in [1.54, 1.807) is 56.5 Å². The minimum Gasteiger partial charge on any atom is -0.405 e. The molecule has 2 aromatic heterocycles. The lowest BCUT2D eigenvalue weighted by molar-refractivity contribution is -0.116. The summed E-state index contributed by atoms with van der Waals surface area (Å²) in [7, 11) is 0. The molecule has 0 saturated heterocycles. The van der Waals surface area contributed by atoms with Crippen molar-refractivity contribution < 1.29 is 14.0 Å². The Morgan fingerprint density at radius 3 is 2.56 bits per heavy atom. The summed E-state index contributed by atoms with van der Waals surface area (Å²) in [4.78, 5) is 29.1. The number of urea groups is 1. The summed E-state index contributed by atoms with van der Waals surface area (Å²) < 4.78 is 14.9. The van der Waals surface area contributed by atoms with Gasteiger partial charge in [0.15, 0.2) is 0 Å². The largest absolute Gasteiger partial charge is 0.405 e. The number of halogens is 1. The van der Waals surface area contributed by atoms with Crippen LogP contribution in [0.5, 0.6) is 0 Å². The predicted octanol–water partition coefficient (Wildman–Crippen LogP) is 5.82. The van der Waals surface area contributed by atoms with Crippen molar-refractivity contribution in [3.05, 3.63) is 94.9 Å². The van der Waals surface area contributed by atoms with Crippen LogP contribution >= 0.6 is 11.3 Å². The molecular formula is C32H34FN7O2S. The number of benzene rings is 2. The molecule has 0 aliphatic rings. The Kier molecular flexibility index (Phi) is 11.4. The normalized spacial score (nSPS) is 10.9. The zero-order chi connectivity index (χ0) is 31.5. The van der Waals surface area contributed by atoms with Crippen molar-refractivity contribution in [2.24, 2.45) is 11.6 Å². The Hall–Kier alpha value is -5.18. The molecule has 0 atom stereocenters. The standard InChI is InChI=1S/C30H28FN7O2S.C2H6/c1-3-19(12-13-32)29(39)35-14-4-5-21-16-36-28(33)26-23(17-41-27(21)26)20-7-9-22(10-8-20)38(34)30(40)37-25-15-18(2)6-11-24(25)31;1-2/h3,6-13,15-17H,14,32,34H2,1-2H3,(H2,33,36)(H,35,39)(H,37,40);1-2H3/b13-12-,19-3+;. The minimum absolute atomic E-state index is 0.0439. The second-order valence-electron chi connectivity index (χ2n) is 8.83. The Morgan fingerprint density at radius 1 is 1.16 bits per heavy atom. The van der Waals surface area contributed by atoms with E-state index in [1.165, 1.54) is 35.7 Å². The summed E-state index contributed by atoms with van der Waals surface area (Å²) in [5.41, 5.74) is 15.7. The minimum atomic E-state index is -0.686. The maximum atomic E-state index is 14.1. The number of aryl methyl sites for hydroxylation is 1. The van der Waals surface area contributed by atoms with Gasteiger partial charge in [0.1, 0.15) is 11.6 Å². The van der Waals surface area contributed by atoms with Gasteiger partial charge in [-0.1, -0.05) is 50.0 Å². The fourth-order valence-electron chi connectivity index (χ4n) is 3.97. The van der Waals surface area contributed by atoms with E-state index in [0.717, 1.165) is 31.8 Å². The number of thiophene rings is 1. The molecule has 11 heteroatoms. The van der Waals surface area contributed by atoms with Crippen LogP contribution in [0, 0.1) is 24.6 Å². The summed E-state index contributed by atoms with van der Waals surface area (Å²) in [6.45, 7) is 7.68. The summed E-state index contributed by atoms with van der Waals surface area (Å²) in [6.07, 6.45) is 6.08. The Balaban J connectivity index is 0.00000248. The zero-order valence-corrected chi connectivity index (χ0v) is 25.2. The predicted molar refractivity (Wildman–Crippen MR) is 175 cm³/mol. The van der Waals surface area contributed by atoms with Gasteiger partial charge in [-0.05, 0) is 66.9 Å². The lowest BCUT2D eigenvalue weighted by atomic mass is 10.0. The molecule has 0 aliphatic carbocycles. The first-order chi connectivity index (χ1) is 20.7. The summed E-state index contributed by atoms with van der Waals surface area (Å²) in [5.74, 6) is 11.5. The molecule has 0 radical (unpaired) electrons. The molecule has 3 amide bonds. The van der Waals surface area contributed by atoms with Crippen LogP contribution in [-0.2, 0) is 4.79 Å². The number of hydrazine groups is 1. The van der Waals surface area contributed by atoms with Crippen molar-refractivity contribution in [1.82, 2.24) is 10.3 Å². The van der Waals surface area contributed by atoms with Gasteiger partial charge in [0.2, 0.25) is 0 Å². The molecular weight excluding hydrogens is 565 g/mol. The highest BCUT2D eigenvalue weighted by molar-refractivity contribution is 7.18. The summed E-state index contributed by atoms with van der Waals surface area (Å²) >= 11 is 1.47. The van der Waals surface area contributed by atoms with Gasteiger partial charge in [-0.25, -0.2) is 25.0 Å². The molecule has 222 valence electrons. The first-order valence-corrected chi connectivity index (χ1v) is 14.3. The first-order valence-electron chi connectivity index (χ1n) is 13.4. The molecule has 8 N–H and O–H groups in total. The van der Waals surface area contributed by atoms with Crippen LogP contribution in [0.25, 0.3) is 21.2 Å².